The molecule has 0 bridgehead atoms. The van der Waals surface area contributed by atoms with Gasteiger partial charge in [-0.25, -0.2) is 9.18 Å². The molecule has 2 fully saturated rings. The first kappa shape index (κ1) is 21.1. The molecule has 0 spiro atoms. The van der Waals surface area contributed by atoms with Gasteiger partial charge in [0, 0.05) is 12.5 Å². The van der Waals surface area contributed by atoms with E-state index in [1.54, 1.807) is 19.1 Å². The summed E-state index contributed by atoms with van der Waals surface area (Å²) in [5.74, 6) is -0.113. The highest BCUT2D eigenvalue weighted by atomic mass is 28.3. The van der Waals surface area contributed by atoms with Crippen molar-refractivity contribution < 1.29 is 23.5 Å². The van der Waals surface area contributed by atoms with Crippen LogP contribution in [0.25, 0.3) is 0 Å². The fourth-order valence-electron chi connectivity index (χ4n) is 4.04. The van der Waals surface area contributed by atoms with Crippen molar-refractivity contribution >= 4 is 26.5 Å². The minimum Gasteiger partial charge on any atom is -0.417 e. The lowest BCUT2D eigenvalue weighted by atomic mass is 9.79. The molecule has 2 aliphatic rings. The number of halogens is 1. The summed E-state index contributed by atoms with van der Waals surface area (Å²) in [6.45, 7) is 13.1. The Morgan fingerprint density at radius 3 is 2.50 bits per heavy atom. The Morgan fingerprint density at radius 2 is 2.00 bits per heavy atom. The first-order valence-electron chi connectivity index (χ1n) is 9.71. The number of hydrogen-bond acceptors (Lipinski definition) is 5. The van der Waals surface area contributed by atoms with E-state index in [4.69, 9.17) is 9.16 Å². The Labute approximate surface area is 167 Å². The maximum atomic E-state index is 15.1. The summed E-state index contributed by atoms with van der Waals surface area (Å²) in [5.41, 5.74) is 0.900. The van der Waals surface area contributed by atoms with Crippen LogP contribution in [0.15, 0.2) is 18.2 Å². The third-order valence-electron chi connectivity index (χ3n) is 5.56. The Kier molecular flexibility index (Phi) is 5.75. The van der Waals surface area contributed by atoms with Gasteiger partial charge in [0.2, 0.25) is 15.3 Å². The van der Waals surface area contributed by atoms with Crippen LogP contribution in [0.2, 0.25) is 13.1 Å². The fraction of sp³-hybridized carbons (Fsp3) is 0.650. The van der Waals surface area contributed by atoms with Gasteiger partial charge in [-0.1, -0.05) is 20.8 Å². The highest BCUT2D eigenvalue weighted by Gasteiger charge is 2.43. The largest absolute Gasteiger partial charge is 0.417 e. The van der Waals surface area contributed by atoms with Gasteiger partial charge in [0.1, 0.15) is 12.0 Å². The van der Waals surface area contributed by atoms with Gasteiger partial charge in [0.05, 0.1) is 17.4 Å². The number of rotatable bonds is 4. The molecule has 155 valence electrons. The topological polar surface area (TPSA) is 62.2 Å². The normalized spacial score (nSPS) is 28.4. The number of carbonyl (C=O) groups is 1. The van der Waals surface area contributed by atoms with Crippen LogP contribution < -0.4 is 9.80 Å². The van der Waals surface area contributed by atoms with Gasteiger partial charge in [-0.15, -0.1) is 0 Å². The molecule has 4 atom stereocenters. The summed E-state index contributed by atoms with van der Waals surface area (Å²) in [6.07, 6.45) is -1.12. The smallest absolute Gasteiger partial charge is 0.417 e. The summed E-state index contributed by atoms with van der Waals surface area (Å²) in [6, 6.07) is 4.14. The van der Waals surface area contributed by atoms with Crippen LogP contribution in [0.3, 0.4) is 0 Å². The van der Waals surface area contributed by atoms with Crippen molar-refractivity contribution in [2.45, 2.75) is 65.8 Å². The molecule has 1 aromatic rings. The predicted molar refractivity (Wildman–Crippen MR) is 108 cm³/mol. The van der Waals surface area contributed by atoms with Crippen LogP contribution >= 0.6 is 0 Å². The van der Waals surface area contributed by atoms with Crippen LogP contribution in [0.5, 0.6) is 0 Å². The first-order chi connectivity index (χ1) is 13.0. The molecule has 2 aliphatic heterocycles. The summed E-state index contributed by atoms with van der Waals surface area (Å²) in [5, 5.41) is 9.72. The van der Waals surface area contributed by atoms with Gasteiger partial charge in [0.15, 0.2) is 0 Å². The molecule has 2 saturated heterocycles. The molecule has 1 aromatic carbocycles. The number of ether oxygens (including phenoxy) is 1. The molecule has 1 amide bonds. The molecule has 8 heteroatoms. The maximum Gasteiger partial charge on any atom is 0.417 e. The van der Waals surface area contributed by atoms with Crippen molar-refractivity contribution in [3.63, 3.8) is 0 Å². The molecule has 28 heavy (non-hydrogen) atoms. The van der Waals surface area contributed by atoms with Crippen molar-refractivity contribution in [1.29, 1.82) is 0 Å². The van der Waals surface area contributed by atoms with E-state index in [2.05, 4.69) is 33.9 Å². The average molecular weight is 410 g/mol. The number of benzene rings is 1. The van der Waals surface area contributed by atoms with Gasteiger partial charge < -0.3 is 19.2 Å². The molecule has 0 aromatic heterocycles. The zero-order valence-corrected chi connectivity index (χ0v) is 18.4. The standard InChI is InChI=1S/C20H30FN2O4Si/c1-12-18(24)26-19(25)23(12)13-7-8-16(15(21)11-13)22-10-9-14(20(2,3)4)17(22)27-28(5)6/h7-8,11-12,14,17-18,24H,9-10H2,1-6H3/t12?,14-,17?,18+/m0/s1. The molecule has 0 aliphatic carbocycles. The number of aliphatic hydroxyl groups is 1. The van der Waals surface area contributed by atoms with E-state index in [9.17, 15) is 9.90 Å². The van der Waals surface area contributed by atoms with E-state index in [1.165, 1.54) is 11.0 Å². The first-order valence-corrected chi connectivity index (χ1v) is 12.1. The Morgan fingerprint density at radius 1 is 1.32 bits per heavy atom. The minimum atomic E-state index is -1.21. The predicted octanol–water partition coefficient (Wildman–Crippen LogP) is 3.96. The summed E-state index contributed by atoms with van der Waals surface area (Å²) in [4.78, 5) is 15.2. The van der Waals surface area contributed by atoms with Crippen LogP contribution in [-0.2, 0) is 9.16 Å². The quantitative estimate of drug-likeness (QED) is 0.763. The zero-order valence-electron chi connectivity index (χ0n) is 17.4. The molecule has 1 N–H and O–H groups in total. The number of carbonyl (C=O) groups excluding carboxylic acids is 1. The monoisotopic (exact) mass is 409 g/mol. The third-order valence-corrected chi connectivity index (χ3v) is 6.27. The minimum absolute atomic E-state index is 0.0536. The maximum absolute atomic E-state index is 15.1. The second-order valence-electron chi connectivity index (χ2n) is 8.89. The Balaban J connectivity index is 1.90. The van der Waals surface area contributed by atoms with Gasteiger partial charge >= 0.3 is 6.09 Å². The van der Waals surface area contributed by atoms with Crippen molar-refractivity contribution in [2.24, 2.45) is 11.3 Å². The highest BCUT2D eigenvalue weighted by Crippen LogP contribution is 2.42. The van der Waals surface area contributed by atoms with Crippen molar-refractivity contribution in [3.8, 4) is 0 Å². The number of amides is 1. The molecule has 2 unspecified atom stereocenters. The molecule has 6 nitrogen and oxygen atoms in total. The highest BCUT2D eigenvalue weighted by molar-refractivity contribution is 6.48. The Bertz CT molecular complexity index is 739. The van der Waals surface area contributed by atoms with Crippen molar-refractivity contribution in [1.82, 2.24) is 0 Å². The zero-order chi connectivity index (χ0) is 20.8. The van der Waals surface area contributed by atoms with Gasteiger partial charge in [-0.2, -0.15) is 0 Å². The average Bonchev–Trinajstić information content (AvgIpc) is 3.08. The van der Waals surface area contributed by atoms with Crippen LogP contribution in [0.4, 0.5) is 20.6 Å². The van der Waals surface area contributed by atoms with E-state index in [0.717, 1.165) is 13.0 Å². The van der Waals surface area contributed by atoms with Crippen LogP contribution in [0.1, 0.15) is 34.1 Å². The second kappa shape index (κ2) is 7.65. The van der Waals surface area contributed by atoms with Gasteiger partial charge in [-0.3, -0.25) is 4.90 Å². The lowest BCUT2D eigenvalue weighted by Crippen LogP contribution is -2.42. The molecular weight excluding hydrogens is 379 g/mol. The lowest BCUT2D eigenvalue weighted by molar-refractivity contribution is -0.0312. The van der Waals surface area contributed by atoms with Crippen LogP contribution in [-0.4, -0.2) is 45.3 Å². The fourth-order valence-corrected chi connectivity index (χ4v) is 4.82. The third kappa shape index (κ3) is 3.90. The molecule has 1 radical (unpaired) electrons. The number of nitrogens with zero attached hydrogens (tertiary/aromatic N) is 2. The number of anilines is 2. The lowest BCUT2D eigenvalue weighted by Gasteiger charge is -2.37. The van der Waals surface area contributed by atoms with E-state index in [-0.39, 0.29) is 11.6 Å². The van der Waals surface area contributed by atoms with E-state index < -0.39 is 33.3 Å². The summed E-state index contributed by atoms with van der Waals surface area (Å²) < 4.78 is 26.2. The van der Waals surface area contributed by atoms with Crippen molar-refractivity contribution in [3.05, 3.63) is 24.0 Å². The summed E-state index contributed by atoms with van der Waals surface area (Å²) in [7, 11) is -0.964. The number of hydrogen-bond donors (Lipinski definition) is 1. The number of aliphatic hydroxyl groups excluding tert-OH is 1. The van der Waals surface area contributed by atoms with E-state index in [0.29, 0.717) is 17.3 Å². The second-order valence-corrected chi connectivity index (χ2v) is 10.9. The van der Waals surface area contributed by atoms with E-state index >= 15 is 4.39 Å². The van der Waals surface area contributed by atoms with Gasteiger partial charge in [-0.05, 0) is 50.1 Å². The molecule has 0 saturated carbocycles. The molecule has 3 rings (SSSR count). The van der Waals surface area contributed by atoms with Gasteiger partial charge in [0.25, 0.3) is 0 Å². The molecule has 2 heterocycles. The Hall–Kier alpha value is -1.64. The summed E-state index contributed by atoms with van der Waals surface area (Å²) >= 11 is 0. The van der Waals surface area contributed by atoms with E-state index in [1.807, 2.05) is 4.90 Å². The van der Waals surface area contributed by atoms with Crippen LogP contribution in [0, 0.1) is 17.2 Å². The number of cyclic esters (lactones) is 1. The van der Waals surface area contributed by atoms with Crippen molar-refractivity contribution in [2.75, 3.05) is 16.3 Å². The molecular formula is C20H30FN2O4Si. The SMILES string of the molecule is CC1[C@H](O)OC(=O)N1c1ccc(N2CC[C@H](C(C)(C)C)C2O[Si](C)C)c(F)c1.